The lowest BCUT2D eigenvalue weighted by molar-refractivity contribution is 0.104. The first kappa shape index (κ1) is 18.3. The van der Waals surface area contributed by atoms with Crippen molar-refractivity contribution < 1.29 is 14.3 Å². The summed E-state index contributed by atoms with van der Waals surface area (Å²) in [4.78, 5) is 12.5. The van der Waals surface area contributed by atoms with Crippen LogP contribution in [0.15, 0.2) is 54.9 Å². The van der Waals surface area contributed by atoms with Crippen LogP contribution in [0.4, 0.5) is 0 Å². The number of carbonyl (C=O) groups is 1. The van der Waals surface area contributed by atoms with Gasteiger partial charge in [-0.2, -0.15) is 0 Å². The Hall–Kier alpha value is -3.48. The van der Waals surface area contributed by atoms with E-state index in [4.69, 9.17) is 9.47 Å². The Kier molecular flexibility index (Phi) is 5.94. The smallest absolute Gasteiger partial charge is 0.185 e. The number of carbonyl (C=O) groups excluding carboxylic acids is 1. The molecule has 3 aromatic rings. The minimum absolute atomic E-state index is 0.116. The summed E-state index contributed by atoms with van der Waals surface area (Å²) in [6, 6.07) is 12.7. The van der Waals surface area contributed by atoms with Gasteiger partial charge in [-0.25, -0.2) is 4.68 Å². The van der Waals surface area contributed by atoms with Crippen molar-refractivity contribution in [3.63, 3.8) is 0 Å². The maximum absolute atomic E-state index is 12.5. The number of aromatic nitrogens is 4. The number of hydrogen-bond acceptors (Lipinski definition) is 6. The van der Waals surface area contributed by atoms with Crippen LogP contribution in [0.5, 0.6) is 11.5 Å². The predicted octanol–water partition coefficient (Wildman–Crippen LogP) is 3.36. The number of ether oxygens (including phenoxy) is 2. The van der Waals surface area contributed by atoms with E-state index in [-0.39, 0.29) is 5.78 Å². The maximum Gasteiger partial charge on any atom is 0.185 e. The Morgan fingerprint density at radius 3 is 2.81 bits per heavy atom. The monoisotopic (exact) mass is 364 g/mol. The van der Waals surface area contributed by atoms with Gasteiger partial charge >= 0.3 is 0 Å². The Morgan fingerprint density at radius 1 is 1.19 bits per heavy atom. The topological polar surface area (TPSA) is 79.1 Å². The third kappa shape index (κ3) is 4.58. The molecule has 0 saturated carbocycles. The van der Waals surface area contributed by atoms with Crippen LogP contribution in [0.2, 0.25) is 0 Å². The van der Waals surface area contributed by atoms with Gasteiger partial charge in [-0.3, -0.25) is 4.79 Å². The Bertz CT molecular complexity index is 936. The first-order valence-corrected chi connectivity index (χ1v) is 8.58. The predicted molar refractivity (Wildman–Crippen MR) is 101 cm³/mol. The van der Waals surface area contributed by atoms with Gasteiger partial charge in [0.2, 0.25) is 0 Å². The summed E-state index contributed by atoms with van der Waals surface area (Å²) in [5.74, 6) is 1.21. The maximum atomic E-state index is 12.5. The van der Waals surface area contributed by atoms with Gasteiger partial charge in [-0.15, -0.1) is 5.10 Å². The molecule has 2 aromatic carbocycles. The van der Waals surface area contributed by atoms with Crippen molar-refractivity contribution in [2.24, 2.45) is 0 Å². The Labute approximate surface area is 157 Å². The molecule has 0 bridgehead atoms. The lowest BCUT2D eigenvalue weighted by Crippen LogP contribution is -2.00. The molecule has 0 radical (unpaired) electrons. The summed E-state index contributed by atoms with van der Waals surface area (Å²) in [7, 11) is 1.59. The lowest BCUT2D eigenvalue weighted by atomic mass is 10.1. The second-order valence-electron chi connectivity index (χ2n) is 5.76. The van der Waals surface area contributed by atoms with Crippen LogP contribution in [0.25, 0.3) is 11.8 Å². The molecule has 0 unspecified atom stereocenters. The molecule has 0 N–H and O–H groups in total. The van der Waals surface area contributed by atoms with Crippen molar-refractivity contribution in [2.45, 2.75) is 13.3 Å². The van der Waals surface area contributed by atoms with Crippen LogP contribution < -0.4 is 9.47 Å². The molecule has 7 nitrogen and oxygen atoms in total. The number of nitrogens with zero attached hydrogens (tertiary/aromatic N) is 4. The molecule has 0 spiro atoms. The lowest BCUT2D eigenvalue weighted by Gasteiger charge is -2.10. The van der Waals surface area contributed by atoms with E-state index >= 15 is 0 Å². The Balaban J connectivity index is 1.76. The molecule has 0 aliphatic carbocycles. The van der Waals surface area contributed by atoms with Gasteiger partial charge in [0, 0.05) is 5.56 Å². The Morgan fingerprint density at radius 2 is 2.07 bits per heavy atom. The largest absolute Gasteiger partial charge is 0.493 e. The van der Waals surface area contributed by atoms with E-state index in [1.54, 1.807) is 31.4 Å². The first-order valence-electron chi connectivity index (χ1n) is 8.58. The van der Waals surface area contributed by atoms with Gasteiger partial charge in [0.25, 0.3) is 0 Å². The van der Waals surface area contributed by atoms with Crippen LogP contribution in [-0.4, -0.2) is 39.7 Å². The fraction of sp³-hybridized carbons (Fsp3) is 0.200. The van der Waals surface area contributed by atoms with Gasteiger partial charge in [0.15, 0.2) is 17.3 Å². The second kappa shape index (κ2) is 8.75. The zero-order valence-corrected chi connectivity index (χ0v) is 15.2. The van der Waals surface area contributed by atoms with Crippen molar-refractivity contribution in [2.75, 3.05) is 13.7 Å². The van der Waals surface area contributed by atoms with Gasteiger partial charge < -0.3 is 9.47 Å². The summed E-state index contributed by atoms with van der Waals surface area (Å²) in [6.45, 7) is 2.67. The highest BCUT2D eigenvalue weighted by Gasteiger charge is 2.07. The van der Waals surface area contributed by atoms with Gasteiger partial charge in [0.1, 0.15) is 6.33 Å². The van der Waals surface area contributed by atoms with Crippen molar-refractivity contribution in [3.05, 3.63) is 66.0 Å². The summed E-state index contributed by atoms with van der Waals surface area (Å²) in [6.07, 6.45) is 5.68. The molecule has 1 heterocycles. The highest BCUT2D eigenvalue weighted by molar-refractivity contribution is 6.07. The van der Waals surface area contributed by atoms with Crippen LogP contribution in [0, 0.1) is 0 Å². The van der Waals surface area contributed by atoms with Gasteiger partial charge in [-0.05, 0) is 52.8 Å². The molecule has 0 amide bonds. The van der Waals surface area contributed by atoms with E-state index in [0.29, 0.717) is 23.7 Å². The van der Waals surface area contributed by atoms with E-state index in [2.05, 4.69) is 15.5 Å². The van der Waals surface area contributed by atoms with E-state index in [1.807, 2.05) is 31.2 Å². The molecule has 0 aliphatic heterocycles. The van der Waals surface area contributed by atoms with E-state index < -0.39 is 0 Å². The molecule has 0 atom stereocenters. The minimum Gasteiger partial charge on any atom is -0.493 e. The van der Waals surface area contributed by atoms with E-state index in [9.17, 15) is 4.79 Å². The summed E-state index contributed by atoms with van der Waals surface area (Å²) in [5, 5.41) is 11.0. The van der Waals surface area contributed by atoms with Crippen molar-refractivity contribution in [1.82, 2.24) is 20.2 Å². The average molecular weight is 364 g/mol. The normalized spacial score (nSPS) is 10.9. The third-order valence-corrected chi connectivity index (χ3v) is 3.82. The van der Waals surface area contributed by atoms with Gasteiger partial charge in [0.05, 0.1) is 19.4 Å². The zero-order valence-electron chi connectivity index (χ0n) is 15.2. The quantitative estimate of drug-likeness (QED) is 0.450. The second-order valence-corrected chi connectivity index (χ2v) is 5.76. The molecule has 0 saturated heterocycles. The molecule has 27 heavy (non-hydrogen) atoms. The highest BCUT2D eigenvalue weighted by Crippen LogP contribution is 2.28. The average Bonchev–Trinajstić information content (AvgIpc) is 3.25. The van der Waals surface area contributed by atoms with Crippen LogP contribution in [0.3, 0.4) is 0 Å². The molecular weight excluding hydrogens is 344 g/mol. The SMILES string of the molecule is CCCOc1ccc(/C=C/C(=O)c2cccc(-n3cnnn3)c2)cc1OC. The van der Waals surface area contributed by atoms with Crippen molar-refractivity contribution in [3.8, 4) is 17.2 Å². The minimum atomic E-state index is -0.116. The molecular formula is C20H20N4O3. The van der Waals surface area contributed by atoms with Gasteiger partial charge in [-0.1, -0.05) is 31.2 Å². The molecule has 0 aliphatic rings. The molecule has 1 aromatic heterocycles. The first-order chi connectivity index (χ1) is 13.2. The van der Waals surface area contributed by atoms with Crippen molar-refractivity contribution >= 4 is 11.9 Å². The number of ketones is 1. The highest BCUT2D eigenvalue weighted by atomic mass is 16.5. The summed E-state index contributed by atoms with van der Waals surface area (Å²) < 4.78 is 12.5. The third-order valence-electron chi connectivity index (χ3n) is 3.82. The number of allylic oxidation sites excluding steroid dienone is 1. The number of hydrogen-bond donors (Lipinski definition) is 0. The fourth-order valence-corrected chi connectivity index (χ4v) is 2.47. The zero-order chi connectivity index (χ0) is 19.1. The number of benzene rings is 2. The summed E-state index contributed by atoms with van der Waals surface area (Å²) in [5.41, 5.74) is 2.12. The molecule has 3 rings (SSSR count). The van der Waals surface area contributed by atoms with E-state index in [1.165, 1.54) is 17.1 Å². The molecule has 138 valence electrons. The molecule has 7 heteroatoms. The number of tetrazole rings is 1. The standard InChI is InChI=1S/C20H20N4O3/c1-3-11-27-19-10-8-15(12-20(19)26-2)7-9-18(25)16-5-4-6-17(13-16)24-14-21-22-23-24/h4-10,12-14H,3,11H2,1-2H3/b9-7+. The van der Waals surface area contributed by atoms with E-state index in [0.717, 1.165) is 17.7 Å². The van der Waals surface area contributed by atoms with Crippen LogP contribution in [0.1, 0.15) is 29.3 Å². The number of rotatable bonds is 8. The fourth-order valence-electron chi connectivity index (χ4n) is 2.47. The van der Waals surface area contributed by atoms with Crippen LogP contribution in [-0.2, 0) is 0 Å². The summed E-state index contributed by atoms with van der Waals surface area (Å²) >= 11 is 0. The number of methoxy groups -OCH3 is 1. The van der Waals surface area contributed by atoms with Crippen LogP contribution >= 0.6 is 0 Å². The van der Waals surface area contributed by atoms with Crippen molar-refractivity contribution in [1.29, 1.82) is 0 Å². The molecule has 0 fully saturated rings.